The normalized spacial score (nSPS) is 12.2. The van der Waals surface area contributed by atoms with Gasteiger partial charge in [0, 0.05) is 5.56 Å². The fourth-order valence-electron chi connectivity index (χ4n) is 1.54. The Morgan fingerprint density at radius 2 is 1.84 bits per heavy atom. The molecule has 98 valence electrons. The Kier molecular flexibility index (Phi) is 2.52. The topological polar surface area (TPSA) is 43.1 Å². The first-order valence-corrected chi connectivity index (χ1v) is 5.83. The predicted octanol–water partition coefficient (Wildman–Crippen LogP) is 3.01. The lowest BCUT2D eigenvalue weighted by atomic mass is 10.2. The molecular weight excluding hydrogens is 284 g/mol. The zero-order chi connectivity index (χ0) is 13.6. The van der Waals surface area contributed by atoms with Gasteiger partial charge in [-0.3, -0.25) is 0 Å². The van der Waals surface area contributed by atoms with Crippen LogP contribution in [-0.2, 0) is 6.18 Å². The molecular formula is C10H4F4N4S. The van der Waals surface area contributed by atoms with Crippen molar-refractivity contribution in [2.45, 2.75) is 6.18 Å². The van der Waals surface area contributed by atoms with Crippen molar-refractivity contribution < 1.29 is 17.6 Å². The summed E-state index contributed by atoms with van der Waals surface area (Å²) >= 11 is 0.840. The van der Waals surface area contributed by atoms with Crippen molar-refractivity contribution in [2.24, 2.45) is 0 Å². The van der Waals surface area contributed by atoms with Gasteiger partial charge in [-0.2, -0.15) is 22.8 Å². The molecule has 2 aromatic heterocycles. The fourth-order valence-corrected chi connectivity index (χ4v) is 2.40. The van der Waals surface area contributed by atoms with E-state index in [1.807, 2.05) is 0 Å². The summed E-state index contributed by atoms with van der Waals surface area (Å²) in [6, 6.07) is 5.71. The maximum Gasteiger partial charge on any atom is 0.453 e. The van der Waals surface area contributed by atoms with Crippen LogP contribution in [0.5, 0.6) is 0 Å². The first-order valence-electron chi connectivity index (χ1n) is 5.01. The van der Waals surface area contributed by atoms with Crippen molar-refractivity contribution in [3.05, 3.63) is 35.9 Å². The minimum Gasteiger partial charge on any atom is -0.206 e. The zero-order valence-electron chi connectivity index (χ0n) is 9.02. The molecule has 0 saturated carbocycles. The Labute approximate surface area is 107 Å². The van der Waals surface area contributed by atoms with Gasteiger partial charge in [-0.15, -0.1) is 10.2 Å². The molecule has 3 rings (SSSR count). The Bertz CT molecular complexity index is 745. The van der Waals surface area contributed by atoms with Crippen LogP contribution in [0.4, 0.5) is 17.6 Å². The molecule has 0 atom stereocenters. The van der Waals surface area contributed by atoms with Gasteiger partial charge in [0.1, 0.15) is 5.82 Å². The first-order chi connectivity index (χ1) is 8.97. The monoisotopic (exact) mass is 288 g/mol. The van der Waals surface area contributed by atoms with Crippen LogP contribution >= 0.6 is 11.3 Å². The molecule has 0 unspecified atom stereocenters. The lowest BCUT2D eigenvalue weighted by Crippen LogP contribution is -2.11. The van der Waals surface area contributed by atoms with E-state index in [9.17, 15) is 17.6 Å². The third kappa shape index (κ3) is 1.95. The molecule has 0 amide bonds. The van der Waals surface area contributed by atoms with E-state index in [4.69, 9.17) is 0 Å². The molecule has 0 aliphatic heterocycles. The van der Waals surface area contributed by atoms with Gasteiger partial charge in [0.05, 0.1) is 0 Å². The molecule has 3 aromatic rings. The number of benzene rings is 1. The number of rotatable bonds is 1. The van der Waals surface area contributed by atoms with E-state index < -0.39 is 17.8 Å². The summed E-state index contributed by atoms with van der Waals surface area (Å²) < 4.78 is 51.9. The van der Waals surface area contributed by atoms with E-state index in [2.05, 4.69) is 15.3 Å². The number of fused-ring (bicyclic) bond motifs is 1. The molecule has 2 heterocycles. The summed E-state index contributed by atoms with van der Waals surface area (Å²) in [6.45, 7) is 0. The molecule has 0 bridgehead atoms. The van der Waals surface area contributed by atoms with Crippen LogP contribution < -0.4 is 0 Å². The van der Waals surface area contributed by atoms with E-state index in [0.29, 0.717) is 4.52 Å². The average Bonchev–Trinajstić information content (AvgIpc) is 2.86. The van der Waals surface area contributed by atoms with Crippen LogP contribution in [0.1, 0.15) is 5.82 Å². The van der Waals surface area contributed by atoms with E-state index in [1.165, 1.54) is 18.2 Å². The second-order valence-corrected chi connectivity index (χ2v) is 4.56. The number of alkyl halides is 3. The Hall–Kier alpha value is -2.03. The van der Waals surface area contributed by atoms with E-state index in [-0.39, 0.29) is 15.5 Å². The van der Waals surface area contributed by atoms with Crippen molar-refractivity contribution in [2.75, 3.05) is 0 Å². The number of nitrogens with zero attached hydrogens (tertiary/aromatic N) is 4. The second-order valence-electron chi connectivity index (χ2n) is 3.60. The average molecular weight is 288 g/mol. The minimum atomic E-state index is -4.65. The zero-order valence-corrected chi connectivity index (χ0v) is 9.83. The van der Waals surface area contributed by atoms with Crippen LogP contribution in [0.2, 0.25) is 0 Å². The van der Waals surface area contributed by atoms with Crippen LogP contribution in [0.15, 0.2) is 24.3 Å². The van der Waals surface area contributed by atoms with Gasteiger partial charge in [0.25, 0.3) is 5.82 Å². The molecule has 0 saturated heterocycles. The lowest BCUT2D eigenvalue weighted by Gasteiger charge is -2.00. The molecule has 0 N–H and O–H groups in total. The molecule has 19 heavy (non-hydrogen) atoms. The van der Waals surface area contributed by atoms with Crippen LogP contribution in [-0.4, -0.2) is 19.8 Å². The summed E-state index contributed by atoms with van der Waals surface area (Å²) in [5, 5.41) is 10.3. The van der Waals surface area contributed by atoms with Gasteiger partial charge < -0.3 is 0 Å². The van der Waals surface area contributed by atoms with E-state index in [1.54, 1.807) is 6.07 Å². The molecule has 0 fully saturated rings. The Morgan fingerprint density at radius 1 is 1.11 bits per heavy atom. The number of halogens is 4. The summed E-state index contributed by atoms with van der Waals surface area (Å²) in [7, 11) is 0. The summed E-state index contributed by atoms with van der Waals surface area (Å²) in [6.07, 6.45) is -4.65. The van der Waals surface area contributed by atoms with Crippen molar-refractivity contribution in [3.8, 4) is 10.6 Å². The fraction of sp³-hybridized carbons (Fsp3) is 0.100. The highest BCUT2D eigenvalue weighted by Crippen LogP contribution is 2.32. The smallest absolute Gasteiger partial charge is 0.206 e. The summed E-state index contributed by atoms with van der Waals surface area (Å²) in [4.78, 5) is -0.0365. The molecule has 0 spiro atoms. The number of aromatic nitrogens is 4. The van der Waals surface area contributed by atoms with Crippen LogP contribution in [0.3, 0.4) is 0 Å². The SMILES string of the molecule is Fc1ccccc1-c1nn2c(C(F)(F)F)nnc2s1. The van der Waals surface area contributed by atoms with Crippen LogP contribution in [0, 0.1) is 5.82 Å². The molecule has 9 heteroatoms. The third-order valence-corrected chi connectivity index (χ3v) is 3.28. The highest BCUT2D eigenvalue weighted by atomic mass is 32.1. The van der Waals surface area contributed by atoms with E-state index in [0.717, 1.165) is 11.3 Å². The Balaban J connectivity index is 2.18. The number of hydrogen-bond acceptors (Lipinski definition) is 4. The molecule has 0 aliphatic rings. The van der Waals surface area contributed by atoms with Crippen molar-refractivity contribution in [3.63, 3.8) is 0 Å². The van der Waals surface area contributed by atoms with Gasteiger partial charge in [-0.25, -0.2) is 4.39 Å². The minimum absolute atomic E-state index is 0.0365. The highest BCUT2D eigenvalue weighted by Gasteiger charge is 2.38. The molecule has 4 nitrogen and oxygen atoms in total. The summed E-state index contributed by atoms with van der Waals surface area (Å²) in [5.74, 6) is -1.78. The summed E-state index contributed by atoms with van der Waals surface area (Å²) in [5.41, 5.74) is 0.131. The maximum atomic E-state index is 13.5. The Morgan fingerprint density at radius 3 is 2.53 bits per heavy atom. The van der Waals surface area contributed by atoms with Crippen molar-refractivity contribution in [1.82, 2.24) is 19.8 Å². The highest BCUT2D eigenvalue weighted by molar-refractivity contribution is 7.19. The van der Waals surface area contributed by atoms with Crippen LogP contribution in [0.25, 0.3) is 15.5 Å². The predicted molar refractivity (Wildman–Crippen MR) is 59.1 cm³/mol. The van der Waals surface area contributed by atoms with Gasteiger partial charge in [0.2, 0.25) is 4.96 Å². The van der Waals surface area contributed by atoms with Gasteiger partial charge >= 0.3 is 6.18 Å². The molecule has 0 radical (unpaired) electrons. The van der Waals surface area contributed by atoms with Crippen molar-refractivity contribution in [1.29, 1.82) is 0 Å². The molecule has 0 aliphatic carbocycles. The van der Waals surface area contributed by atoms with E-state index >= 15 is 0 Å². The first kappa shape index (κ1) is 12.0. The second kappa shape index (κ2) is 3.98. The maximum absolute atomic E-state index is 13.5. The lowest BCUT2D eigenvalue weighted by molar-refractivity contribution is -0.146. The van der Waals surface area contributed by atoms with Gasteiger partial charge in [0.15, 0.2) is 5.01 Å². The molecule has 1 aromatic carbocycles. The van der Waals surface area contributed by atoms with Gasteiger partial charge in [-0.05, 0) is 12.1 Å². The third-order valence-electron chi connectivity index (χ3n) is 2.35. The van der Waals surface area contributed by atoms with Gasteiger partial charge in [-0.1, -0.05) is 23.5 Å². The quantitative estimate of drug-likeness (QED) is 0.646. The number of hydrogen-bond donors (Lipinski definition) is 0. The van der Waals surface area contributed by atoms with Crippen molar-refractivity contribution >= 4 is 16.3 Å². The largest absolute Gasteiger partial charge is 0.453 e. The standard InChI is InChI=1S/C10H4F4N4S/c11-6-4-2-1-3-5(6)7-17-18-8(10(12,13)14)15-16-9(18)19-7/h1-4H.